The lowest BCUT2D eigenvalue weighted by Crippen LogP contribution is -2.45. The van der Waals surface area contributed by atoms with Gasteiger partial charge in [-0.25, -0.2) is 4.79 Å². The van der Waals surface area contributed by atoms with Crippen LogP contribution in [-0.2, 0) is 22.6 Å². The van der Waals surface area contributed by atoms with Gasteiger partial charge in [0.2, 0.25) is 0 Å². The number of amides is 3. The number of urea groups is 1. The van der Waals surface area contributed by atoms with Crippen molar-refractivity contribution in [1.29, 1.82) is 0 Å². The van der Waals surface area contributed by atoms with E-state index in [0.29, 0.717) is 19.7 Å². The Bertz CT molecular complexity index is 641. The minimum absolute atomic E-state index is 0.143. The van der Waals surface area contributed by atoms with Crippen LogP contribution in [0.1, 0.15) is 18.1 Å². The van der Waals surface area contributed by atoms with Crippen LogP contribution >= 0.6 is 0 Å². The Kier molecular flexibility index (Phi) is 6.82. The molecule has 0 saturated carbocycles. The van der Waals surface area contributed by atoms with Gasteiger partial charge in [0.25, 0.3) is 5.91 Å². The first-order valence-electron chi connectivity index (χ1n) is 9.71. The molecule has 148 valence electrons. The molecule has 0 aromatic heterocycles. The molecule has 0 aliphatic carbocycles. The maximum Gasteiger partial charge on any atom is 0.327 e. The maximum atomic E-state index is 12.4. The van der Waals surface area contributed by atoms with Crippen molar-refractivity contribution in [2.45, 2.75) is 20.0 Å². The molecule has 0 atom stereocenters. The van der Waals surface area contributed by atoms with Crippen molar-refractivity contribution in [2.24, 2.45) is 0 Å². The number of rotatable bonds is 8. The lowest BCUT2D eigenvalue weighted by atomic mass is 10.1. The van der Waals surface area contributed by atoms with Crippen molar-refractivity contribution in [2.75, 3.05) is 59.5 Å². The summed E-state index contributed by atoms with van der Waals surface area (Å²) in [6.07, 6.45) is 0. The number of carbonyl (C=O) groups excluding carboxylic acids is 2. The van der Waals surface area contributed by atoms with Crippen molar-refractivity contribution in [3.8, 4) is 0 Å². The molecule has 7 heteroatoms. The number of nitrogens with zero attached hydrogens (tertiary/aromatic N) is 4. The number of ether oxygens (including phenoxy) is 1. The smallest absolute Gasteiger partial charge is 0.327 e. The number of methoxy groups -OCH3 is 1. The lowest BCUT2D eigenvalue weighted by molar-refractivity contribution is -0.125. The van der Waals surface area contributed by atoms with Gasteiger partial charge >= 0.3 is 6.03 Å². The van der Waals surface area contributed by atoms with Crippen LogP contribution < -0.4 is 0 Å². The highest BCUT2D eigenvalue weighted by Crippen LogP contribution is 2.16. The fourth-order valence-corrected chi connectivity index (χ4v) is 3.58. The van der Waals surface area contributed by atoms with Crippen LogP contribution in [0.5, 0.6) is 0 Å². The predicted octanol–water partition coefficient (Wildman–Crippen LogP) is 1.23. The van der Waals surface area contributed by atoms with Gasteiger partial charge < -0.3 is 14.5 Å². The third kappa shape index (κ3) is 5.06. The molecule has 3 rings (SSSR count). The van der Waals surface area contributed by atoms with E-state index in [1.54, 1.807) is 7.11 Å². The van der Waals surface area contributed by atoms with Crippen LogP contribution in [0.4, 0.5) is 4.79 Å². The van der Waals surface area contributed by atoms with E-state index in [1.807, 2.05) is 12.1 Å². The monoisotopic (exact) mass is 374 g/mol. The summed E-state index contributed by atoms with van der Waals surface area (Å²) in [5, 5.41) is 0. The zero-order valence-corrected chi connectivity index (χ0v) is 16.4. The minimum atomic E-state index is -0.227. The topological polar surface area (TPSA) is 56.3 Å². The largest absolute Gasteiger partial charge is 0.383 e. The molecule has 1 aromatic rings. The molecule has 2 aliphatic heterocycles. The summed E-state index contributed by atoms with van der Waals surface area (Å²) < 4.78 is 5.00. The summed E-state index contributed by atoms with van der Waals surface area (Å²) in [5.41, 5.74) is 2.24. The second kappa shape index (κ2) is 9.30. The number of imide groups is 1. The van der Waals surface area contributed by atoms with E-state index in [2.05, 4.69) is 28.9 Å². The molecule has 2 saturated heterocycles. The molecule has 2 fully saturated rings. The quantitative estimate of drug-likeness (QED) is 0.641. The van der Waals surface area contributed by atoms with Crippen LogP contribution in [0, 0.1) is 0 Å². The standard InChI is InChI=1S/C20H30N4O3/c1-3-21-8-10-22(11-9-21)14-17-4-6-18(7-5-17)15-24-19(25)16-23(20(24)26)12-13-27-2/h4-7H,3,8-16H2,1-2H3. The number of benzene rings is 1. The highest BCUT2D eigenvalue weighted by Gasteiger charge is 2.35. The normalized spacial score (nSPS) is 19.3. The molecule has 0 N–H and O–H groups in total. The molecule has 7 nitrogen and oxygen atoms in total. The second-order valence-corrected chi connectivity index (χ2v) is 7.20. The Hall–Kier alpha value is -1.96. The van der Waals surface area contributed by atoms with E-state index in [0.717, 1.165) is 44.8 Å². The summed E-state index contributed by atoms with van der Waals surface area (Å²) in [5.74, 6) is -0.144. The molecular weight excluding hydrogens is 344 g/mol. The molecule has 3 amide bonds. The van der Waals surface area contributed by atoms with Crippen LogP contribution in [0.15, 0.2) is 24.3 Å². The fourth-order valence-electron chi connectivity index (χ4n) is 3.58. The van der Waals surface area contributed by atoms with Crippen molar-refractivity contribution in [3.05, 3.63) is 35.4 Å². The average molecular weight is 374 g/mol. The number of likely N-dealkylation sites (N-methyl/N-ethyl adjacent to an activating group) is 1. The summed E-state index contributed by atoms with van der Waals surface area (Å²) in [6, 6.07) is 8.03. The van der Waals surface area contributed by atoms with E-state index < -0.39 is 0 Å². The summed E-state index contributed by atoms with van der Waals surface area (Å²) in [6.45, 7) is 10.1. The molecule has 2 aliphatic rings. The third-order valence-corrected chi connectivity index (χ3v) is 5.38. The Morgan fingerprint density at radius 2 is 1.52 bits per heavy atom. The van der Waals surface area contributed by atoms with E-state index in [4.69, 9.17) is 4.74 Å². The van der Waals surface area contributed by atoms with Gasteiger partial charge in [-0.3, -0.25) is 14.6 Å². The SMILES string of the molecule is CCN1CCN(Cc2ccc(CN3C(=O)CN(CCOC)C3=O)cc2)CC1. The Morgan fingerprint density at radius 3 is 2.11 bits per heavy atom. The van der Waals surface area contributed by atoms with Crippen molar-refractivity contribution in [1.82, 2.24) is 19.6 Å². The Morgan fingerprint density at radius 1 is 0.926 bits per heavy atom. The Labute approximate surface area is 161 Å². The number of hydrogen-bond acceptors (Lipinski definition) is 5. The fraction of sp³-hybridized carbons (Fsp3) is 0.600. The first kappa shape index (κ1) is 19.8. The number of carbonyl (C=O) groups is 2. The van der Waals surface area contributed by atoms with Crippen molar-refractivity contribution >= 4 is 11.9 Å². The molecule has 0 spiro atoms. The van der Waals surface area contributed by atoms with Gasteiger partial charge in [0.05, 0.1) is 13.2 Å². The molecule has 2 heterocycles. The molecule has 1 aromatic carbocycles. The zero-order valence-electron chi connectivity index (χ0n) is 16.4. The maximum absolute atomic E-state index is 12.4. The summed E-state index contributed by atoms with van der Waals surface area (Å²) >= 11 is 0. The molecule has 0 bridgehead atoms. The molecular formula is C20H30N4O3. The van der Waals surface area contributed by atoms with Gasteiger partial charge in [-0.05, 0) is 17.7 Å². The van der Waals surface area contributed by atoms with E-state index in [9.17, 15) is 9.59 Å². The van der Waals surface area contributed by atoms with Gasteiger partial charge in [0, 0.05) is 46.4 Å². The minimum Gasteiger partial charge on any atom is -0.383 e. The first-order valence-corrected chi connectivity index (χ1v) is 9.71. The van der Waals surface area contributed by atoms with E-state index >= 15 is 0 Å². The van der Waals surface area contributed by atoms with Gasteiger partial charge in [0.1, 0.15) is 6.54 Å². The lowest BCUT2D eigenvalue weighted by Gasteiger charge is -2.34. The first-order chi connectivity index (χ1) is 13.1. The van der Waals surface area contributed by atoms with Crippen molar-refractivity contribution < 1.29 is 14.3 Å². The van der Waals surface area contributed by atoms with Crippen LogP contribution in [0.2, 0.25) is 0 Å². The van der Waals surface area contributed by atoms with Crippen LogP contribution in [0.25, 0.3) is 0 Å². The number of piperazine rings is 1. The van der Waals surface area contributed by atoms with E-state index in [1.165, 1.54) is 15.4 Å². The Balaban J connectivity index is 1.52. The van der Waals surface area contributed by atoms with Gasteiger partial charge in [0.15, 0.2) is 0 Å². The van der Waals surface area contributed by atoms with Gasteiger partial charge in [-0.2, -0.15) is 0 Å². The summed E-state index contributed by atoms with van der Waals surface area (Å²) in [7, 11) is 1.59. The third-order valence-electron chi connectivity index (χ3n) is 5.38. The highest BCUT2D eigenvalue weighted by molar-refractivity contribution is 6.01. The molecule has 27 heavy (non-hydrogen) atoms. The second-order valence-electron chi connectivity index (χ2n) is 7.20. The van der Waals surface area contributed by atoms with Gasteiger partial charge in [-0.15, -0.1) is 0 Å². The predicted molar refractivity (Wildman–Crippen MR) is 103 cm³/mol. The molecule has 0 unspecified atom stereocenters. The summed E-state index contributed by atoms with van der Waals surface area (Å²) in [4.78, 5) is 32.3. The molecule has 0 radical (unpaired) electrons. The van der Waals surface area contributed by atoms with Gasteiger partial charge in [-0.1, -0.05) is 31.2 Å². The van der Waals surface area contributed by atoms with Crippen LogP contribution in [0.3, 0.4) is 0 Å². The average Bonchev–Trinajstić information content (AvgIpc) is 2.96. The van der Waals surface area contributed by atoms with Crippen molar-refractivity contribution in [3.63, 3.8) is 0 Å². The number of hydrogen-bond donors (Lipinski definition) is 0. The van der Waals surface area contributed by atoms with Crippen LogP contribution in [-0.4, -0.2) is 91.1 Å². The van der Waals surface area contributed by atoms with E-state index in [-0.39, 0.29) is 18.5 Å². The zero-order chi connectivity index (χ0) is 19.2. The highest BCUT2D eigenvalue weighted by atomic mass is 16.5.